The second-order valence-corrected chi connectivity index (χ2v) is 10.8. The van der Waals surface area contributed by atoms with Gasteiger partial charge in [0.15, 0.2) is 0 Å². The first-order valence-electron chi connectivity index (χ1n) is 13.0. The van der Waals surface area contributed by atoms with Crippen LogP contribution in [-0.2, 0) is 19.4 Å². The zero-order valence-electron chi connectivity index (χ0n) is 21.2. The van der Waals surface area contributed by atoms with E-state index in [1.807, 2.05) is 12.1 Å². The minimum atomic E-state index is 0.491. The van der Waals surface area contributed by atoms with Crippen molar-refractivity contribution in [2.45, 2.75) is 46.1 Å². The number of aromatic nitrogens is 2. The molecule has 4 nitrogen and oxygen atoms in total. The van der Waals surface area contributed by atoms with E-state index in [1.165, 1.54) is 30.4 Å². The monoisotopic (exact) mass is 499 g/mol. The van der Waals surface area contributed by atoms with E-state index in [-0.39, 0.29) is 0 Å². The Hall–Kier alpha value is -2.95. The number of halogens is 1. The smallest absolute Gasteiger partial charge is 0.258 e. The summed E-state index contributed by atoms with van der Waals surface area (Å²) in [6.07, 6.45) is 4.68. The van der Waals surface area contributed by atoms with Crippen molar-refractivity contribution in [2.75, 3.05) is 13.1 Å². The summed E-state index contributed by atoms with van der Waals surface area (Å²) in [5.74, 6) is 2.43. The maximum absolute atomic E-state index is 6.50. The predicted octanol–water partition coefficient (Wildman–Crippen LogP) is 7.71. The Bertz CT molecular complexity index is 1260. The van der Waals surface area contributed by atoms with Crippen LogP contribution in [0.5, 0.6) is 0 Å². The lowest BCUT2D eigenvalue weighted by Crippen LogP contribution is -2.33. The average molecular weight is 500 g/mol. The third kappa shape index (κ3) is 6.24. The van der Waals surface area contributed by atoms with Crippen LogP contribution < -0.4 is 0 Å². The van der Waals surface area contributed by atoms with Crippen LogP contribution in [0.25, 0.3) is 22.8 Å². The van der Waals surface area contributed by atoms with Crippen LogP contribution in [0.4, 0.5) is 0 Å². The summed E-state index contributed by atoms with van der Waals surface area (Å²) in [7, 11) is 0. The first-order valence-corrected chi connectivity index (χ1v) is 13.4. The number of likely N-dealkylation sites (tertiary alicyclic amines) is 1. The summed E-state index contributed by atoms with van der Waals surface area (Å²) in [6.45, 7) is 7.68. The highest BCUT2D eigenvalue weighted by molar-refractivity contribution is 6.31. The van der Waals surface area contributed by atoms with E-state index in [0.717, 1.165) is 53.7 Å². The third-order valence-corrected chi connectivity index (χ3v) is 7.40. The number of benzene rings is 3. The van der Waals surface area contributed by atoms with Gasteiger partial charge in [0.1, 0.15) is 0 Å². The second kappa shape index (κ2) is 11.4. The highest BCUT2D eigenvalue weighted by Gasteiger charge is 2.20. The molecule has 1 saturated heterocycles. The van der Waals surface area contributed by atoms with Crippen molar-refractivity contribution in [1.82, 2.24) is 15.0 Å². The van der Waals surface area contributed by atoms with E-state index in [1.54, 1.807) is 0 Å². The predicted molar refractivity (Wildman–Crippen MR) is 147 cm³/mol. The topological polar surface area (TPSA) is 42.2 Å². The lowest BCUT2D eigenvalue weighted by atomic mass is 9.90. The van der Waals surface area contributed by atoms with Gasteiger partial charge in [-0.05, 0) is 79.4 Å². The lowest BCUT2D eigenvalue weighted by molar-refractivity contribution is 0.177. The Balaban J connectivity index is 1.16. The number of piperidine rings is 1. The van der Waals surface area contributed by atoms with Crippen molar-refractivity contribution in [1.29, 1.82) is 0 Å². The summed E-state index contributed by atoms with van der Waals surface area (Å²) in [5, 5.41) is 4.96. The minimum absolute atomic E-state index is 0.491. The molecule has 1 fully saturated rings. The fraction of sp³-hybridized carbons (Fsp3) is 0.355. The zero-order valence-corrected chi connectivity index (χ0v) is 21.9. The molecule has 1 aromatic heterocycles. The molecular weight excluding hydrogens is 466 g/mol. The van der Waals surface area contributed by atoms with Crippen LogP contribution in [0.1, 0.15) is 43.4 Å². The van der Waals surface area contributed by atoms with Crippen LogP contribution in [0.15, 0.2) is 77.3 Å². The zero-order chi connectivity index (χ0) is 24.9. The van der Waals surface area contributed by atoms with Gasteiger partial charge < -0.3 is 4.52 Å². The molecule has 36 heavy (non-hydrogen) atoms. The molecule has 2 heterocycles. The quantitative estimate of drug-likeness (QED) is 0.249. The molecule has 0 saturated carbocycles. The van der Waals surface area contributed by atoms with Gasteiger partial charge in [0.25, 0.3) is 5.89 Å². The van der Waals surface area contributed by atoms with E-state index in [9.17, 15) is 0 Å². The molecule has 0 radical (unpaired) electrons. The molecule has 0 spiro atoms. The molecule has 0 aliphatic carbocycles. The molecule has 0 atom stereocenters. The van der Waals surface area contributed by atoms with Crippen LogP contribution in [-0.4, -0.2) is 28.1 Å². The highest BCUT2D eigenvalue weighted by Crippen LogP contribution is 2.28. The van der Waals surface area contributed by atoms with Crippen LogP contribution >= 0.6 is 11.6 Å². The Labute approximate surface area is 219 Å². The lowest BCUT2D eigenvalue weighted by Gasteiger charge is -2.32. The van der Waals surface area contributed by atoms with Gasteiger partial charge in [-0.25, -0.2) is 0 Å². The van der Waals surface area contributed by atoms with Gasteiger partial charge in [0.2, 0.25) is 5.82 Å². The molecule has 0 bridgehead atoms. The Morgan fingerprint density at radius 2 is 1.64 bits per heavy atom. The number of nitrogens with zero attached hydrogens (tertiary/aromatic N) is 3. The summed E-state index contributed by atoms with van der Waals surface area (Å²) in [5.41, 5.74) is 5.72. The number of rotatable bonds is 8. The van der Waals surface area contributed by atoms with Crippen LogP contribution in [0.3, 0.4) is 0 Å². The van der Waals surface area contributed by atoms with Gasteiger partial charge in [-0.15, -0.1) is 0 Å². The van der Waals surface area contributed by atoms with E-state index in [0.29, 0.717) is 17.6 Å². The van der Waals surface area contributed by atoms with E-state index >= 15 is 0 Å². The Kier molecular flexibility index (Phi) is 7.84. The summed E-state index contributed by atoms with van der Waals surface area (Å²) in [6, 6.07) is 25.4. The molecule has 5 rings (SSSR count). The molecular formula is C31H34ClN3O. The van der Waals surface area contributed by atoms with Gasteiger partial charge in [0, 0.05) is 22.7 Å². The number of hydrogen-bond acceptors (Lipinski definition) is 4. The third-order valence-electron chi connectivity index (χ3n) is 7.05. The molecule has 0 unspecified atom stereocenters. The van der Waals surface area contributed by atoms with E-state index < -0.39 is 0 Å². The molecule has 0 N–H and O–H groups in total. The van der Waals surface area contributed by atoms with Gasteiger partial charge >= 0.3 is 0 Å². The van der Waals surface area contributed by atoms with Crippen molar-refractivity contribution in [2.24, 2.45) is 11.8 Å². The van der Waals surface area contributed by atoms with Crippen molar-refractivity contribution < 1.29 is 4.52 Å². The fourth-order valence-electron chi connectivity index (χ4n) is 5.06. The fourth-order valence-corrected chi connectivity index (χ4v) is 5.31. The van der Waals surface area contributed by atoms with Crippen molar-refractivity contribution >= 4 is 11.6 Å². The Morgan fingerprint density at radius 3 is 2.33 bits per heavy atom. The molecule has 1 aliphatic rings. The molecule has 4 aromatic rings. The normalized spacial score (nSPS) is 15.0. The van der Waals surface area contributed by atoms with Crippen molar-refractivity contribution in [3.05, 3.63) is 94.5 Å². The SMILES string of the molecule is CC(C)Cc1ccc(-c2nc(-c3ccc(CN4CCC(Cc5ccccc5)CC4)cc3)no2)cc1Cl. The molecule has 3 aromatic carbocycles. The maximum atomic E-state index is 6.50. The van der Waals surface area contributed by atoms with Gasteiger partial charge in [-0.2, -0.15) is 4.98 Å². The van der Waals surface area contributed by atoms with Crippen molar-refractivity contribution in [3.8, 4) is 22.8 Å². The average Bonchev–Trinajstić information content (AvgIpc) is 3.38. The Morgan fingerprint density at radius 1 is 0.917 bits per heavy atom. The van der Waals surface area contributed by atoms with E-state index in [4.69, 9.17) is 16.1 Å². The second-order valence-electron chi connectivity index (χ2n) is 10.4. The first kappa shape index (κ1) is 24.7. The molecule has 186 valence electrons. The van der Waals surface area contributed by atoms with Gasteiger partial charge in [-0.3, -0.25) is 4.90 Å². The summed E-state index contributed by atoms with van der Waals surface area (Å²) >= 11 is 6.50. The molecule has 1 aliphatic heterocycles. The van der Waals surface area contributed by atoms with Crippen LogP contribution in [0, 0.1) is 11.8 Å². The van der Waals surface area contributed by atoms with E-state index in [2.05, 4.69) is 89.6 Å². The maximum Gasteiger partial charge on any atom is 0.258 e. The van der Waals surface area contributed by atoms with Gasteiger partial charge in [0.05, 0.1) is 0 Å². The van der Waals surface area contributed by atoms with Gasteiger partial charge in [-0.1, -0.05) is 91.3 Å². The number of hydrogen-bond donors (Lipinski definition) is 0. The highest BCUT2D eigenvalue weighted by atomic mass is 35.5. The minimum Gasteiger partial charge on any atom is -0.334 e. The standard InChI is InChI=1S/C31H34ClN3O/c1-22(2)18-27-12-13-28(20-29(27)32)31-33-30(34-36-31)26-10-8-25(9-11-26)21-35-16-14-24(15-17-35)19-23-6-4-3-5-7-23/h3-13,20,22,24H,14-19,21H2,1-2H3. The summed E-state index contributed by atoms with van der Waals surface area (Å²) < 4.78 is 5.56. The van der Waals surface area contributed by atoms with Crippen LogP contribution in [0.2, 0.25) is 5.02 Å². The first-order chi connectivity index (χ1) is 17.5. The largest absolute Gasteiger partial charge is 0.334 e. The van der Waals surface area contributed by atoms with Crippen molar-refractivity contribution in [3.63, 3.8) is 0 Å². The molecule has 0 amide bonds. The summed E-state index contributed by atoms with van der Waals surface area (Å²) in [4.78, 5) is 7.19. The molecule has 5 heteroatoms.